The summed E-state index contributed by atoms with van der Waals surface area (Å²) in [6, 6.07) is 6.14. The first-order valence-electron chi connectivity index (χ1n) is 7.68. The Labute approximate surface area is 127 Å². The molecule has 0 amide bonds. The fourth-order valence-electron chi connectivity index (χ4n) is 2.39. The number of furan rings is 1. The maximum atomic E-state index is 5.44. The number of aryl methyl sites for hydroxylation is 1. The first kappa shape index (κ1) is 15.6. The lowest BCUT2D eigenvalue weighted by molar-refractivity contribution is 0.502. The van der Waals surface area contributed by atoms with Gasteiger partial charge in [0.25, 0.3) is 0 Å². The number of pyridine rings is 1. The lowest BCUT2D eigenvalue weighted by atomic mass is 10.2. The van der Waals surface area contributed by atoms with E-state index in [0.29, 0.717) is 0 Å². The van der Waals surface area contributed by atoms with E-state index >= 15 is 0 Å². The molecule has 2 heterocycles. The van der Waals surface area contributed by atoms with Gasteiger partial charge in [-0.1, -0.05) is 6.92 Å². The predicted molar refractivity (Wildman–Crippen MR) is 86.4 cm³/mol. The third kappa shape index (κ3) is 4.33. The van der Waals surface area contributed by atoms with Gasteiger partial charge in [-0.15, -0.1) is 0 Å². The van der Waals surface area contributed by atoms with Gasteiger partial charge in [-0.25, -0.2) is 4.98 Å². The van der Waals surface area contributed by atoms with E-state index in [9.17, 15) is 0 Å². The molecule has 0 aromatic carbocycles. The Balaban J connectivity index is 2.07. The van der Waals surface area contributed by atoms with Crippen LogP contribution in [0.25, 0.3) is 0 Å². The van der Waals surface area contributed by atoms with E-state index in [1.54, 1.807) is 6.26 Å². The van der Waals surface area contributed by atoms with E-state index in [4.69, 9.17) is 4.42 Å². The monoisotopic (exact) mass is 287 g/mol. The molecule has 0 unspecified atom stereocenters. The van der Waals surface area contributed by atoms with Crippen LogP contribution in [0.4, 0.5) is 5.82 Å². The van der Waals surface area contributed by atoms with Gasteiger partial charge in [0.05, 0.1) is 12.8 Å². The van der Waals surface area contributed by atoms with Crippen molar-refractivity contribution < 1.29 is 4.42 Å². The highest BCUT2D eigenvalue weighted by atomic mass is 16.3. The van der Waals surface area contributed by atoms with Crippen LogP contribution in [0.15, 0.2) is 35.1 Å². The van der Waals surface area contributed by atoms with E-state index in [1.165, 1.54) is 11.1 Å². The smallest absolute Gasteiger partial charge is 0.131 e. The van der Waals surface area contributed by atoms with Crippen LogP contribution in [0, 0.1) is 6.92 Å². The first-order valence-corrected chi connectivity index (χ1v) is 7.68. The number of hydrogen-bond acceptors (Lipinski definition) is 4. The third-order valence-electron chi connectivity index (χ3n) is 3.47. The highest BCUT2D eigenvalue weighted by Gasteiger charge is 2.11. The summed E-state index contributed by atoms with van der Waals surface area (Å²) in [7, 11) is 0. The zero-order valence-corrected chi connectivity index (χ0v) is 13.2. The van der Waals surface area contributed by atoms with Gasteiger partial charge in [0, 0.05) is 19.3 Å². The summed E-state index contributed by atoms with van der Waals surface area (Å²) >= 11 is 0. The molecule has 114 valence electrons. The maximum absolute atomic E-state index is 5.44. The van der Waals surface area contributed by atoms with E-state index in [2.05, 4.69) is 42.0 Å². The average Bonchev–Trinajstić information content (AvgIpc) is 2.99. The summed E-state index contributed by atoms with van der Waals surface area (Å²) in [4.78, 5) is 6.89. The molecule has 21 heavy (non-hydrogen) atoms. The van der Waals surface area contributed by atoms with Crippen LogP contribution in [0.2, 0.25) is 0 Å². The van der Waals surface area contributed by atoms with Crippen molar-refractivity contribution in [3.8, 4) is 0 Å². The minimum Gasteiger partial charge on any atom is -0.467 e. The molecule has 2 aromatic rings. The van der Waals surface area contributed by atoms with Crippen molar-refractivity contribution in [3.05, 3.63) is 47.5 Å². The zero-order chi connectivity index (χ0) is 15.1. The second-order valence-electron chi connectivity index (χ2n) is 5.25. The van der Waals surface area contributed by atoms with Gasteiger partial charge >= 0.3 is 0 Å². The minimum absolute atomic E-state index is 0.755. The van der Waals surface area contributed by atoms with Crippen LogP contribution in [-0.4, -0.2) is 18.1 Å². The van der Waals surface area contributed by atoms with Gasteiger partial charge in [0.15, 0.2) is 0 Å². The Morgan fingerprint density at radius 2 is 2.19 bits per heavy atom. The quantitative estimate of drug-likeness (QED) is 0.754. The van der Waals surface area contributed by atoms with Crippen molar-refractivity contribution in [1.82, 2.24) is 10.3 Å². The van der Waals surface area contributed by atoms with Crippen molar-refractivity contribution >= 4 is 5.82 Å². The minimum atomic E-state index is 0.755. The fraction of sp³-hybridized carbons (Fsp3) is 0.471. The molecule has 0 spiro atoms. The van der Waals surface area contributed by atoms with Crippen molar-refractivity contribution in [1.29, 1.82) is 0 Å². The van der Waals surface area contributed by atoms with Gasteiger partial charge in [0.2, 0.25) is 0 Å². The number of anilines is 1. The second kappa shape index (κ2) is 7.84. The van der Waals surface area contributed by atoms with Crippen LogP contribution in [-0.2, 0) is 13.1 Å². The molecule has 2 aromatic heterocycles. The third-order valence-corrected chi connectivity index (χ3v) is 3.47. The van der Waals surface area contributed by atoms with Crippen molar-refractivity contribution in [2.24, 2.45) is 0 Å². The molecule has 0 aliphatic carbocycles. The Bertz CT molecular complexity index is 537. The molecule has 1 N–H and O–H groups in total. The average molecular weight is 287 g/mol. The number of nitrogens with one attached hydrogen (secondary N) is 1. The number of rotatable bonds is 8. The topological polar surface area (TPSA) is 41.3 Å². The van der Waals surface area contributed by atoms with Crippen LogP contribution < -0.4 is 10.2 Å². The molecular weight excluding hydrogens is 262 g/mol. The lowest BCUT2D eigenvalue weighted by Crippen LogP contribution is -2.24. The van der Waals surface area contributed by atoms with Crippen LogP contribution in [0.1, 0.15) is 37.2 Å². The van der Waals surface area contributed by atoms with Gasteiger partial charge in [-0.05, 0) is 56.1 Å². The number of hydrogen-bond donors (Lipinski definition) is 1. The second-order valence-corrected chi connectivity index (χ2v) is 5.25. The van der Waals surface area contributed by atoms with E-state index in [0.717, 1.165) is 44.2 Å². The summed E-state index contributed by atoms with van der Waals surface area (Å²) in [5.74, 6) is 2.00. The molecule has 2 rings (SSSR count). The van der Waals surface area contributed by atoms with Gasteiger partial charge < -0.3 is 14.6 Å². The highest BCUT2D eigenvalue weighted by Crippen LogP contribution is 2.20. The SMILES string of the molecule is CCCNCc1cnc(N(CC)Cc2ccco2)c(C)c1. The molecule has 4 nitrogen and oxygen atoms in total. The molecule has 0 aliphatic heterocycles. The summed E-state index contributed by atoms with van der Waals surface area (Å²) in [6.45, 7) is 10.0. The Kier molecular flexibility index (Phi) is 5.81. The number of aromatic nitrogens is 1. The lowest BCUT2D eigenvalue weighted by Gasteiger charge is -2.23. The molecule has 0 radical (unpaired) electrons. The summed E-state index contributed by atoms with van der Waals surface area (Å²) in [5, 5.41) is 3.41. The van der Waals surface area contributed by atoms with E-state index in [1.807, 2.05) is 18.3 Å². The molecule has 0 bridgehead atoms. The standard InChI is InChI=1S/C17H25N3O/c1-4-8-18-11-15-10-14(3)17(19-12-15)20(5-2)13-16-7-6-9-21-16/h6-7,9-10,12,18H,4-5,8,11,13H2,1-3H3. The Morgan fingerprint density at radius 1 is 1.33 bits per heavy atom. The molecule has 0 atom stereocenters. The number of nitrogens with zero attached hydrogens (tertiary/aromatic N) is 2. The Hall–Kier alpha value is -1.81. The molecule has 0 fully saturated rings. The van der Waals surface area contributed by atoms with Crippen molar-refractivity contribution in [2.45, 2.75) is 40.3 Å². The molecule has 0 saturated heterocycles. The zero-order valence-electron chi connectivity index (χ0n) is 13.2. The highest BCUT2D eigenvalue weighted by molar-refractivity contribution is 5.47. The first-order chi connectivity index (χ1) is 10.2. The predicted octanol–water partition coefficient (Wildman–Crippen LogP) is 3.51. The van der Waals surface area contributed by atoms with Gasteiger partial charge in [0.1, 0.15) is 11.6 Å². The fourth-order valence-corrected chi connectivity index (χ4v) is 2.39. The van der Waals surface area contributed by atoms with Crippen LogP contribution in [0.3, 0.4) is 0 Å². The van der Waals surface area contributed by atoms with Crippen LogP contribution in [0.5, 0.6) is 0 Å². The van der Waals surface area contributed by atoms with Crippen molar-refractivity contribution in [2.75, 3.05) is 18.0 Å². The summed E-state index contributed by atoms with van der Waals surface area (Å²) in [6.07, 6.45) is 4.83. The van der Waals surface area contributed by atoms with E-state index < -0.39 is 0 Å². The Morgan fingerprint density at radius 3 is 2.81 bits per heavy atom. The maximum Gasteiger partial charge on any atom is 0.131 e. The van der Waals surface area contributed by atoms with Crippen molar-refractivity contribution in [3.63, 3.8) is 0 Å². The molecular formula is C17H25N3O. The van der Waals surface area contributed by atoms with Gasteiger partial charge in [-0.2, -0.15) is 0 Å². The largest absolute Gasteiger partial charge is 0.467 e. The summed E-state index contributed by atoms with van der Waals surface area (Å²) in [5.41, 5.74) is 2.44. The van der Waals surface area contributed by atoms with Crippen LogP contribution >= 0.6 is 0 Å². The summed E-state index contributed by atoms with van der Waals surface area (Å²) < 4.78 is 5.44. The van der Waals surface area contributed by atoms with Gasteiger partial charge in [-0.3, -0.25) is 0 Å². The van der Waals surface area contributed by atoms with E-state index in [-0.39, 0.29) is 0 Å². The normalized spacial score (nSPS) is 10.8. The molecule has 0 saturated carbocycles. The molecule has 4 heteroatoms. The molecule has 0 aliphatic rings.